The van der Waals surface area contributed by atoms with Crippen molar-refractivity contribution in [3.8, 4) is 5.75 Å². The molecule has 0 bridgehead atoms. The molecule has 1 aliphatic rings. The SMILES string of the molecule is CCc1ccccc1NC(=O)CN(C)C(=O)CCC(=O)N1CCOc2ccccc21. The summed E-state index contributed by atoms with van der Waals surface area (Å²) in [6, 6.07) is 14.9. The van der Waals surface area contributed by atoms with E-state index in [-0.39, 0.29) is 37.1 Å². The molecule has 0 unspecified atom stereocenters. The summed E-state index contributed by atoms with van der Waals surface area (Å²) < 4.78 is 5.56. The van der Waals surface area contributed by atoms with Crippen molar-refractivity contribution in [1.29, 1.82) is 0 Å². The normalized spacial score (nSPS) is 12.5. The molecule has 2 aromatic carbocycles. The van der Waals surface area contributed by atoms with Gasteiger partial charge in [0.05, 0.1) is 18.8 Å². The highest BCUT2D eigenvalue weighted by molar-refractivity contribution is 5.98. The third-order valence-electron chi connectivity index (χ3n) is 5.06. The molecule has 3 amide bonds. The number of fused-ring (bicyclic) bond motifs is 1. The van der Waals surface area contributed by atoms with Crippen molar-refractivity contribution in [2.45, 2.75) is 26.2 Å². The first-order chi connectivity index (χ1) is 14.5. The van der Waals surface area contributed by atoms with Gasteiger partial charge in [0.15, 0.2) is 0 Å². The summed E-state index contributed by atoms with van der Waals surface area (Å²) in [6.45, 7) is 2.84. The van der Waals surface area contributed by atoms with Crippen LogP contribution >= 0.6 is 0 Å². The lowest BCUT2D eigenvalue weighted by Crippen LogP contribution is -2.39. The Morgan fingerprint density at radius 1 is 1.07 bits per heavy atom. The maximum Gasteiger partial charge on any atom is 0.243 e. The number of anilines is 2. The highest BCUT2D eigenvalue weighted by Gasteiger charge is 2.24. The number of hydrogen-bond donors (Lipinski definition) is 1. The number of nitrogens with zero attached hydrogens (tertiary/aromatic N) is 2. The standard InChI is InChI=1S/C23H27N3O4/c1-3-17-8-4-5-9-18(17)24-21(27)16-25(2)22(28)12-13-23(29)26-14-15-30-20-11-7-6-10-19(20)26/h4-11H,3,12-16H2,1-2H3,(H,24,27). The maximum atomic E-state index is 12.6. The summed E-state index contributed by atoms with van der Waals surface area (Å²) in [7, 11) is 1.57. The van der Waals surface area contributed by atoms with Gasteiger partial charge in [-0.3, -0.25) is 14.4 Å². The van der Waals surface area contributed by atoms with Crippen LogP contribution in [-0.2, 0) is 20.8 Å². The Labute approximate surface area is 176 Å². The molecule has 0 radical (unpaired) electrons. The Bertz CT molecular complexity index is 928. The fourth-order valence-corrected chi connectivity index (χ4v) is 3.41. The summed E-state index contributed by atoms with van der Waals surface area (Å²) in [5.41, 5.74) is 2.52. The minimum absolute atomic E-state index is 0.0493. The number of carbonyl (C=O) groups is 3. The van der Waals surface area contributed by atoms with Gasteiger partial charge < -0.3 is 19.9 Å². The molecular formula is C23H27N3O4. The highest BCUT2D eigenvalue weighted by atomic mass is 16.5. The molecule has 0 atom stereocenters. The molecule has 0 saturated carbocycles. The number of amides is 3. The largest absolute Gasteiger partial charge is 0.490 e. The van der Waals surface area contributed by atoms with Crippen LogP contribution in [0.3, 0.4) is 0 Å². The molecule has 3 rings (SSSR count). The quantitative estimate of drug-likeness (QED) is 0.763. The molecule has 7 heteroatoms. The van der Waals surface area contributed by atoms with Gasteiger partial charge in [-0.15, -0.1) is 0 Å². The molecule has 30 heavy (non-hydrogen) atoms. The number of benzene rings is 2. The molecule has 0 aromatic heterocycles. The third kappa shape index (κ3) is 5.17. The molecular weight excluding hydrogens is 382 g/mol. The molecule has 158 valence electrons. The van der Waals surface area contributed by atoms with Crippen LogP contribution in [0.4, 0.5) is 11.4 Å². The van der Waals surface area contributed by atoms with E-state index in [2.05, 4.69) is 5.32 Å². The second kappa shape index (κ2) is 9.91. The number of para-hydroxylation sites is 3. The molecule has 1 heterocycles. The van der Waals surface area contributed by atoms with Crippen LogP contribution in [0.2, 0.25) is 0 Å². The number of rotatable bonds is 7. The molecule has 0 aliphatic carbocycles. The number of nitrogens with one attached hydrogen (secondary N) is 1. The number of carbonyl (C=O) groups excluding carboxylic acids is 3. The van der Waals surface area contributed by atoms with Crippen molar-refractivity contribution in [3.63, 3.8) is 0 Å². The van der Waals surface area contributed by atoms with Gasteiger partial charge in [-0.2, -0.15) is 0 Å². The Kier molecular flexibility index (Phi) is 7.06. The molecule has 1 aliphatic heterocycles. The fraction of sp³-hybridized carbons (Fsp3) is 0.348. The van der Waals surface area contributed by atoms with E-state index >= 15 is 0 Å². The van der Waals surface area contributed by atoms with Crippen LogP contribution < -0.4 is 15.0 Å². The van der Waals surface area contributed by atoms with Crippen molar-refractivity contribution < 1.29 is 19.1 Å². The Balaban J connectivity index is 1.50. The predicted molar refractivity (Wildman–Crippen MR) is 116 cm³/mol. The molecule has 0 spiro atoms. The number of hydrogen-bond acceptors (Lipinski definition) is 4. The van der Waals surface area contributed by atoms with E-state index in [1.807, 2.05) is 55.5 Å². The Hall–Kier alpha value is -3.35. The zero-order valence-electron chi connectivity index (χ0n) is 17.4. The lowest BCUT2D eigenvalue weighted by atomic mass is 10.1. The van der Waals surface area contributed by atoms with Gasteiger partial charge >= 0.3 is 0 Å². The molecule has 7 nitrogen and oxygen atoms in total. The average Bonchev–Trinajstić information content (AvgIpc) is 2.77. The summed E-state index contributed by atoms with van der Waals surface area (Å²) in [4.78, 5) is 40.4. The van der Waals surface area contributed by atoms with Gasteiger partial charge in [0.25, 0.3) is 0 Å². The Morgan fingerprint density at radius 2 is 1.80 bits per heavy atom. The fourth-order valence-electron chi connectivity index (χ4n) is 3.41. The van der Waals surface area contributed by atoms with E-state index in [0.717, 1.165) is 23.4 Å². The smallest absolute Gasteiger partial charge is 0.243 e. The lowest BCUT2D eigenvalue weighted by molar-refractivity contribution is -0.134. The minimum Gasteiger partial charge on any atom is -0.490 e. The summed E-state index contributed by atoms with van der Waals surface area (Å²) in [5.74, 6) is 0.0300. The van der Waals surface area contributed by atoms with Crippen molar-refractivity contribution in [3.05, 3.63) is 54.1 Å². The third-order valence-corrected chi connectivity index (χ3v) is 5.06. The van der Waals surface area contributed by atoms with Crippen LogP contribution in [0.15, 0.2) is 48.5 Å². The van der Waals surface area contributed by atoms with E-state index in [1.165, 1.54) is 4.90 Å². The predicted octanol–water partition coefficient (Wildman–Crippen LogP) is 2.85. The van der Waals surface area contributed by atoms with Gasteiger partial charge in [-0.25, -0.2) is 0 Å². The van der Waals surface area contributed by atoms with Crippen LogP contribution in [0.1, 0.15) is 25.3 Å². The summed E-state index contributed by atoms with van der Waals surface area (Å²) in [5, 5.41) is 2.85. The van der Waals surface area contributed by atoms with Crippen LogP contribution in [0.25, 0.3) is 0 Å². The monoisotopic (exact) mass is 409 g/mol. The minimum atomic E-state index is -0.264. The van der Waals surface area contributed by atoms with Crippen LogP contribution in [-0.4, -0.2) is 49.4 Å². The van der Waals surface area contributed by atoms with E-state index in [1.54, 1.807) is 11.9 Å². The first-order valence-electron chi connectivity index (χ1n) is 10.1. The van der Waals surface area contributed by atoms with E-state index < -0.39 is 0 Å². The molecule has 1 N–H and O–H groups in total. The zero-order valence-corrected chi connectivity index (χ0v) is 17.4. The van der Waals surface area contributed by atoms with Crippen molar-refractivity contribution in [2.24, 2.45) is 0 Å². The zero-order chi connectivity index (χ0) is 21.5. The first-order valence-corrected chi connectivity index (χ1v) is 10.1. The second-order valence-electron chi connectivity index (χ2n) is 7.17. The Morgan fingerprint density at radius 3 is 2.60 bits per heavy atom. The number of likely N-dealkylation sites (N-methyl/N-ethyl adjacent to an activating group) is 1. The highest BCUT2D eigenvalue weighted by Crippen LogP contribution is 2.31. The van der Waals surface area contributed by atoms with Crippen LogP contribution in [0.5, 0.6) is 5.75 Å². The topological polar surface area (TPSA) is 79.0 Å². The lowest BCUT2D eigenvalue weighted by Gasteiger charge is -2.29. The van der Waals surface area contributed by atoms with Crippen LogP contribution in [0, 0.1) is 0 Å². The average molecular weight is 409 g/mol. The van der Waals surface area contributed by atoms with Gasteiger partial charge in [0.2, 0.25) is 17.7 Å². The summed E-state index contributed by atoms with van der Waals surface area (Å²) >= 11 is 0. The number of aryl methyl sites for hydroxylation is 1. The number of ether oxygens (including phenoxy) is 1. The molecule has 0 fully saturated rings. The van der Waals surface area contributed by atoms with Gasteiger partial charge in [-0.1, -0.05) is 37.3 Å². The van der Waals surface area contributed by atoms with E-state index in [9.17, 15) is 14.4 Å². The van der Waals surface area contributed by atoms with Gasteiger partial charge in [0, 0.05) is 25.6 Å². The van der Waals surface area contributed by atoms with E-state index in [4.69, 9.17) is 4.74 Å². The second-order valence-corrected chi connectivity index (χ2v) is 7.17. The van der Waals surface area contributed by atoms with Gasteiger partial charge in [-0.05, 0) is 30.2 Å². The van der Waals surface area contributed by atoms with Crippen molar-refractivity contribution in [1.82, 2.24) is 4.90 Å². The van der Waals surface area contributed by atoms with Gasteiger partial charge in [0.1, 0.15) is 12.4 Å². The maximum absolute atomic E-state index is 12.6. The molecule has 2 aromatic rings. The summed E-state index contributed by atoms with van der Waals surface area (Å²) in [6.07, 6.45) is 0.934. The van der Waals surface area contributed by atoms with Crippen molar-refractivity contribution >= 4 is 29.1 Å². The van der Waals surface area contributed by atoms with Crippen molar-refractivity contribution in [2.75, 3.05) is 37.0 Å². The molecule has 0 saturated heterocycles. The first kappa shape index (κ1) is 21.4. The van der Waals surface area contributed by atoms with E-state index in [0.29, 0.717) is 18.9 Å².